The van der Waals surface area contributed by atoms with Crippen molar-refractivity contribution in [2.24, 2.45) is 11.8 Å². The molecule has 0 saturated carbocycles. The molecule has 0 aliphatic carbocycles. The number of aromatic hydroxyl groups is 1. The molecule has 1 aromatic rings. The van der Waals surface area contributed by atoms with Gasteiger partial charge in [-0.15, -0.1) is 0 Å². The van der Waals surface area contributed by atoms with E-state index in [4.69, 9.17) is 4.74 Å². The molecule has 4 nitrogen and oxygen atoms in total. The minimum Gasteiger partial charge on any atom is -0.504 e. The summed E-state index contributed by atoms with van der Waals surface area (Å²) < 4.78 is 5.06. The van der Waals surface area contributed by atoms with E-state index in [-0.39, 0.29) is 11.7 Å². The van der Waals surface area contributed by atoms with Crippen LogP contribution in [0.4, 0.5) is 0 Å². The third-order valence-electron chi connectivity index (χ3n) is 4.08. The Labute approximate surface area is 140 Å². The minimum atomic E-state index is 0.0766. The van der Waals surface area contributed by atoms with Crippen molar-refractivity contribution in [2.45, 2.75) is 59.4 Å². The summed E-state index contributed by atoms with van der Waals surface area (Å²) in [7, 11) is 1.51. The van der Waals surface area contributed by atoms with E-state index in [2.05, 4.69) is 26.1 Å². The van der Waals surface area contributed by atoms with Gasteiger partial charge >= 0.3 is 0 Å². The third-order valence-corrected chi connectivity index (χ3v) is 4.08. The van der Waals surface area contributed by atoms with E-state index >= 15 is 0 Å². The minimum absolute atomic E-state index is 0.0766. The number of hydrogen-bond donors (Lipinski definition) is 2. The maximum absolute atomic E-state index is 11.9. The molecular formula is C19H31NO3. The highest BCUT2D eigenvalue weighted by Crippen LogP contribution is 2.26. The Morgan fingerprint density at radius 1 is 1.22 bits per heavy atom. The van der Waals surface area contributed by atoms with Gasteiger partial charge in [-0.1, -0.05) is 46.1 Å². The van der Waals surface area contributed by atoms with Gasteiger partial charge in [-0.2, -0.15) is 0 Å². The number of phenolic OH excluding ortho intramolecular Hbond substituents is 1. The zero-order valence-electron chi connectivity index (χ0n) is 14.9. The van der Waals surface area contributed by atoms with Crippen molar-refractivity contribution in [1.29, 1.82) is 0 Å². The summed E-state index contributed by atoms with van der Waals surface area (Å²) in [4.78, 5) is 11.9. The lowest BCUT2D eigenvalue weighted by Crippen LogP contribution is -2.23. The molecular weight excluding hydrogens is 290 g/mol. The zero-order valence-corrected chi connectivity index (χ0v) is 14.9. The monoisotopic (exact) mass is 321 g/mol. The normalized spacial score (nSPS) is 12.2. The van der Waals surface area contributed by atoms with Gasteiger partial charge in [-0.05, 0) is 36.0 Å². The fraction of sp³-hybridized carbons (Fsp3) is 0.632. The highest BCUT2D eigenvalue weighted by Gasteiger charge is 2.08. The number of amides is 1. The fourth-order valence-corrected chi connectivity index (χ4v) is 2.52. The zero-order chi connectivity index (χ0) is 17.2. The quantitative estimate of drug-likeness (QED) is 0.677. The molecule has 1 unspecified atom stereocenters. The molecule has 1 atom stereocenters. The molecule has 0 saturated heterocycles. The molecule has 0 fully saturated rings. The standard InChI is InChI=1S/C19H31NO3/c1-14(2)6-5-7-15(3)8-11-19(22)20-13-16-9-10-17(21)18(12-16)23-4/h9-10,12,14-15,21H,5-8,11,13H2,1-4H3,(H,20,22). The summed E-state index contributed by atoms with van der Waals surface area (Å²) >= 11 is 0. The first-order valence-electron chi connectivity index (χ1n) is 8.55. The Hall–Kier alpha value is -1.71. The smallest absolute Gasteiger partial charge is 0.220 e. The fourth-order valence-electron chi connectivity index (χ4n) is 2.52. The molecule has 2 N–H and O–H groups in total. The first-order valence-corrected chi connectivity index (χ1v) is 8.55. The summed E-state index contributed by atoms with van der Waals surface area (Å²) in [6.45, 7) is 7.17. The van der Waals surface area contributed by atoms with Crippen LogP contribution in [-0.2, 0) is 11.3 Å². The average molecular weight is 321 g/mol. The maximum atomic E-state index is 11.9. The third kappa shape index (κ3) is 7.91. The highest BCUT2D eigenvalue weighted by molar-refractivity contribution is 5.75. The molecule has 0 aliphatic rings. The molecule has 4 heteroatoms. The van der Waals surface area contributed by atoms with E-state index < -0.39 is 0 Å². The van der Waals surface area contributed by atoms with Crippen molar-refractivity contribution in [3.63, 3.8) is 0 Å². The van der Waals surface area contributed by atoms with Gasteiger partial charge in [0.05, 0.1) is 7.11 Å². The second-order valence-corrected chi connectivity index (χ2v) is 6.75. The van der Waals surface area contributed by atoms with Crippen LogP contribution in [0.5, 0.6) is 11.5 Å². The second-order valence-electron chi connectivity index (χ2n) is 6.75. The van der Waals surface area contributed by atoms with Crippen LogP contribution in [0, 0.1) is 11.8 Å². The molecule has 0 heterocycles. The number of hydrogen-bond acceptors (Lipinski definition) is 3. The van der Waals surface area contributed by atoms with Crippen molar-refractivity contribution in [3.8, 4) is 11.5 Å². The highest BCUT2D eigenvalue weighted by atomic mass is 16.5. The Balaban J connectivity index is 2.26. The number of ether oxygens (including phenoxy) is 1. The Morgan fingerprint density at radius 2 is 1.96 bits per heavy atom. The molecule has 0 bridgehead atoms. The van der Waals surface area contributed by atoms with E-state index in [9.17, 15) is 9.90 Å². The van der Waals surface area contributed by atoms with Gasteiger partial charge in [0.1, 0.15) is 0 Å². The number of phenols is 1. The van der Waals surface area contributed by atoms with Crippen LogP contribution < -0.4 is 10.1 Å². The van der Waals surface area contributed by atoms with Crippen molar-refractivity contribution in [1.82, 2.24) is 5.32 Å². The molecule has 0 spiro atoms. The van der Waals surface area contributed by atoms with Gasteiger partial charge in [0.2, 0.25) is 5.91 Å². The SMILES string of the molecule is COc1cc(CNC(=O)CCC(C)CCCC(C)C)ccc1O. The summed E-state index contributed by atoms with van der Waals surface area (Å²) in [6.07, 6.45) is 5.20. The van der Waals surface area contributed by atoms with Crippen LogP contribution in [0.15, 0.2) is 18.2 Å². The molecule has 1 amide bonds. The number of benzene rings is 1. The summed E-state index contributed by atoms with van der Waals surface area (Å²) in [5.74, 6) is 1.96. The number of nitrogens with one attached hydrogen (secondary N) is 1. The van der Waals surface area contributed by atoms with Gasteiger partial charge < -0.3 is 15.2 Å². The second kappa shape index (κ2) is 10.1. The van der Waals surface area contributed by atoms with Gasteiger partial charge in [-0.25, -0.2) is 0 Å². The molecule has 1 rings (SSSR count). The van der Waals surface area contributed by atoms with Gasteiger partial charge in [-0.3, -0.25) is 4.79 Å². The number of rotatable bonds is 10. The lowest BCUT2D eigenvalue weighted by Gasteiger charge is -2.12. The van der Waals surface area contributed by atoms with Gasteiger partial charge in [0, 0.05) is 13.0 Å². The van der Waals surface area contributed by atoms with E-state index in [1.807, 2.05) is 0 Å². The Bertz CT molecular complexity index is 486. The largest absolute Gasteiger partial charge is 0.504 e. The summed E-state index contributed by atoms with van der Waals surface area (Å²) in [6, 6.07) is 5.11. The lowest BCUT2D eigenvalue weighted by molar-refractivity contribution is -0.121. The van der Waals surface area contributed by atoms with Crippen LogP contribution in [0.2, 0.25) is 0 Å². The molecule has 23 heavy (non-hydrogen) atoms. The van der Waals surface area contributed by atoms with Crippen molar-refractivity contribution in [2.75, 3.05) is 7.11 Å². The topological polar surface area (TPSA) is 58.6 Å². The summed E-state index contributed by atoms with van der Waals surface area (Å²) in [5, 5.41) is 12.5. The van der Waals surface area contributed by atoms with E-state index in [1.165, 1.54) is 26.4 Å². The van der Waals surface area contributed by atoms with E-state index in [1.54, 1.807) is 18.2 Å². The van der Waals surface area contributed by atoms with Gasteiger partial charge in [0.25, 0.3) is 0 Å². The van der Waals surface area contributed by atoms with Crippen LogP contribution in [0.3, 0.4) is 0 Å². The predicted molar refractivity (Wildman–Crippen MR) is 93.6 cm³/mol. The molecule has 1 aromatic carbocycles. The number of carbonyl (C=O) groups is 1. The molecule has 0 aliphatic heterocycles. The predicted octanol–water partition coefficient (Wildman–Crippen LogP) is 4.26. The Kier molecular flexibility index (Phi) is 8.52. The molecule has 0 aromatic heterocycles. The van der Waals surface area contributed by atoms with E-state index in [0.29, 0.717) is 24.6 Å². The van der Waals surface area contributed by atoms with E-state index in [0.717, 1.165) is 17.9 Å². The number of carbonyl (C=O) groups excluding carboxylic acids is 1. The molecule has 0 radical (unpaired) electrons. The van der Waals surface area contributed by atoms with Crippen LogP contribution in [0.25, 0.3) is 0 Å². The van der Waals surface area contributed by atoms with Gasteiger partial charge in [0.15, 0.2) is 11.5 Å². The van der Waals surface area contributed by atoms with Crippen molar-refractivity contribution >= 4 is 5.91 Å². The average Bonchev–Trinajstić information content (AvgIpc) is 2.51. The first kappa shape index (κ1) is 19.3. The number of methoxy groups -OCH3 is 1. The lowest BCUT2D eigenvalue weighted by atomic mass is 9.96. The van der Waals surface area contributed by atoms with Crippen LogP contribution >= 0.6 is 0 Å². The van der Waals surface area contributed by atoms with Crippen LogP contribution in [0.1, 0.15) is 58.4 Å². The molecule has 130 valence electrons. The maximum Gasteiger partial charge on any atom is 0.220 e. The van der Waals surface area contributed by atoms with Crippen molar-refractivity contribution < 1.29 is 14.6 Å². The van der Waals surface area contributed by atoms with Crippen molar-refractivity contribution in [3.05, 3.63) is 23.8 Å². The van der Waals surface area contributed by atoms with Crippen LogP contribution in [-0.4, -0.2) is 18.1 Å². The Morgan fingerprint density at radius 3 is 2.61 bits per heavy atom. The first-order chi connectivity index (χ1) is 10.9. The summed E-state index contributed by atoms with van der Waals surface area (Å²) in [5.41, 5.74) is 0.915.